The van der Waals surface area contributed by atoms with Gasteiger partial charge in [0.15, 0.2) is 5.82 Å². The highest BCUT2D eigenvalue weighted by Gasteiger charge is 2.72. The van der Waals surface area contributed by atoms with Gasteiger partial charge in [0.1, 0.15) is 12.1 Å². The van der Waals surface area contributed by atoms with Crippen molar-refractivity contribution < 1.29 is 24.5 Å². The molecule has 2 bridgehead atoms. The van der Waals surface area contributed by atoms with Crippen LogP contribution in [0.4, 0.5) is 0 Å². The lowest BCUT2D eigenvalue weighted by molar-refractivity contribution is -0.253. The van der Waals surface area contributed by atoms with Crippen molar-refractivity contribution in [2.45, 2.75) is 132 Å². The third kappa shape index (κ3) is 5.51. The lowest BCUT2D eigenvalue weighted by Crippen LogP contribution is -2.69. The summed E-state index contributed by atoms with van der Waals surface area (Å²) >= 11 is 0. The van der Waals surface area contributed by atoms with E-state index in [1.165, 1.54) is 5.57 Å². The molecule has 2 heterocycles. The van der Waals surface area contributed by atoms with Crippen molar-refractivity contribution >= 4 is 5.97 Å². The van der Waals surface area contributed by atoms with E-state index in [1.54, 1.807) is 18.5 Å². The molecule has 0 radical (unpaired) electrons. The number of hydrogen-bond donors (Lipinski definition) is 3. The average molecular weight is 745 g/mol. The van der Waals surface area contributed by atoms with Crippen LogP contribution >= 0.6 is 0 Å². The van der Waals surface area contributed by atoms with Gasteiger partial charge in [0.05, 0.1) is 37.9 Å². The summed E-state index contributed by atoms with van der Waals surface area (Å²) in [7, 11) is 0. The number of rotatable bonds is 8. The topological polar surface area (TPSA) is 133 Å². The number of allylic oxidation sites excluding steroid dienone is 1. The summed E-state index contributed by atoms with van der Waals surface area (Å²) in [5.41, 5.74) is 7.17. The van der Waals surface area contributed by atoms with E-state index in [1.807, 2.05) is 12.1 Å². The quantitative estimate of drug-likeness (QED) is 0.228. The maximum Gasteiger partial charge on any atom is 0.307 e. The van der Waals surface area contributed by atoms with E-state index in [0.29, 0.717) is 37.6 Å². The first-order chi connectivity index (χ1) is 25.1. The normalized spacial score (nSPS) is 40.8. The molecule has 0 amide bonds. The van der Waals surface area contributed by atoms with Gasteiger partial charge in [0, 0.05) is 21.9 Å². The first kappa shape index (κ1) is 39.5. The van der Waals surface area contributed by atoms with Gasteiger partial charge < -0.3 is 25.4 Å². The smallest absolute Gasteiger partial charge is 0.307 e. The zero-order valence-corrected chi connectivity index (χ0v) is 34.9. The van der Waals surface area contributed by atoms with E-state index in [4.69, 9.17) is 25.3 Å². The molecule has 0 unspecified atom stereocenters. The fraction of sp³-hybridized carbons (Fsp3) is 0.756. The van der Waals surface area contributed by atoms with Crippen molar-refractivity contribution in [1.29, 1.82) is 0 Å². The number of aromatic hydroxyl groups is 1. The van der Waals surface area contributed by atoms with Gasteiger partial charge in [-0.2, -0.15) is 5.10 Å². The molecule has 12 atom stereocenters. The van der Waals surface area contributed by atoms with E-state index in [2.05, 4.69) is 86.9 Å². The van der Waals surface area contributed by atoms with E-state index in [0.717, 1.165) is 49.9 Å². The number of aromatic nitrogens is 3. The van der Waals surface area contributed by atoms with Gasteiger partial charge in [-0.25, -0.2) is 9.67 Å². The Labute approximate surface area is 323 Å². The van der Waals surface area contributed by atoms with Crippen LogP contribution in [0.3, 0.4) is 0 Å². The molecule has 1 saturated heterocycles. The summed E-state index contributed by atoms with van der Waals surface area (Å²) < 4.78 is 16.1. The minimum Gasteiger partial charge on any atom is -0.508 e. The number of carboxylic acid groups (broad SMARTS) is 1. The number of carbonyl (C=O) groups is 1. The number of phenolic OH excluding ortho intramolecular Hbond substituents is 1. The van der Waals surface area contributed by atoms with Crippen LogP contribution in [0.1, 0.15) is 121 Å². The molecule has 1 aromatic heterocycles. The van der Waals surface area contributed by atoms with E-state index < -0.39 is 17.4 Å². The molecule has 2 aromatic rings. The molecule has 4 fully saturated rings. The van der Waals surface area contributed by atoms with Crippen molar-refractivity contribution in [3.8, 4) is 17.1 Å². The Kier molecular flexibility index (Phi) is 9.42. The summed E-state index contributed by atoms with van der Waals surface area (Å²) in [5, 5.41) is 26.2. The Bertz CT molecular complexity index is 1780. The van der Waals surface area contributed by atoms with Crippen LogP contribution in [0.15, 0.2) is 42.2 Å². The molecule has 4 aliphatic carbocycles. The largest absolute Gasteiger partial charge is 0.508 e. The summed E-state index contributed by atoms with van der Waals surface area (Å²) in [5.74, 6) is 1.17. The molecular formula is C45H68N4O5. The Morgan fingerprint density at radius 3 is 2.35 bits per heavy atom. The zero-order valence-electron chi connectivity index (χ0n) is 34.9. The average Bonchev–Trinajstić information content (AvgIpc) is 3.57. The Hall–Kier alpha value is -2.75. The van der Waals surface area contributed by atoms with Crippen LogP contribution in [0, 0.1) is 62.1 Å². The van der Waals surface area contributed by atoms with Crippen molar-refractivity contribution in [3.05, 3.63) is 42.2 Å². The Morgan fingerprint density at radius 2 is 1.72 bits per heavy atom. The van der Waals surface area contributed by atoms with Crippen LogP contribution in [-0.2, 0) is 14.3 Å². The van der Waals surface area contributed by atoms with Crippen molar-refractivity contribution in [1.82, 2.24) is 14.8 Å². The van der Waals surface area contributed by atoms with Gasteiger partial charge in [0.2, 0.25) is 0 Å². The van der Waals surface area contributed by atoms with Gasteiger partial charge in [0.25, 0.3) is 0 Å². The maximum absolute atomic E-state index is 13.6. The summed E-state index contributed by atoms with van der Waals surface area (Å²) in [6.07, 6.45) is 9.45. The lowest BCUT2D eigenvalue weighted by Gasteiger charge is -2.71. The first-order valence-corrected chi connectivity index (χ1v) is 20.7. The van der Waals surface area contributed by atoms with Gasteiger partial charge in [-0.1, -0.05) is 80.9 Å². The van der Waals surface area contributed by atoms with Gasteiger partial charge in [-0.05, 0) is 115 Å². The molecule has 3 saturated carbocycles. The SMILES string of the molecule is CC(C)[C@@H](C)[C@@]1(C)CC[C@]2(C)[C@H]3CC[C@@H]4[C@@]5(COC[C@@]4(C)[C@@H](OC[C@](C)(N)C(C)(C)C)[C@H](n4ncnc4-c4ccc(O)cc4)C5)C3=CC[C@@]2(C)[C@@H]1C(=O)O. The maximum atomic E-state index is 13.6. The van der Waals surface area contributed by atoms with Crippen molar-refractivity contribution in [3.63, 3.8) is 0 Å². The number of phenols is 1. The number of nitrogens with two attached hydrogens (primary N) is 1. The van der Waals surface area contributed by atoms with Crippen LogP contribution in [-0.4, -0.2) is 62.4 Å². The molecule has 0 spiro atoms. The van der Waals surface area contributed by atoms with Gasteiger partial charge >= 0.3 is 5.97 Å². The predicted octanol–water partition coefficient (Wildman–Crippen LogP) is 8.93. The van der Waals surface area contributed by atoms with Crippen LogP contribution < -0.4 is 5.73 Å². The van der Waals surface area contributed by atoms with E-state index in [-0.39, 0.29) is 56.3 Å². The molecule has 1 aliphatic heterocycles. The van der Waals surface area contributed by atoms with E-state index in [9.17, 15) is 15.0 Å². The Morgan fingerprint density at radius 1 is 1.04 bits per heavy atom. The predicted molar refractivity (Wildman–Crippen MR) is 212 cm³/mol. The number of nitrogens with zero attached hydrogens (tertiary/aromatic N) is 3. The standard InChI is InChI=1S/C45H68N4O5/c1-27(2)28(3)40(7)20-21-42(9)31-16-17-34-41(8)23-53-25-45(34,32(31)18-19-43(42,10)35(40)38(51)52)22-33(36(41)54-24-44(11,46)39(4,5)6)49-37(47-26-48-49)29-12-14-30(50)15-13-29/h12-15,18,26-28,31,33-36,50H,16-17,19-25,46H2,1-11H3,(H,51,52)/t28-,31+,33-,34+,35-,36+,40-,41-,42-,43+,44+,45+/m1/s1. The third-order valence-corrected chi connectivity index (χ3v) is 17.4. The lowest BCUT2D eigenvalue weighted by atomic mass is 9.34. The summed E-state index contributed by atoms with van der Waals surface area (Å²) in [4.78, 5) is 18.4. The van der Waals surface area contributed by atoms with E-state index >= 15 is 0 Å². The second-order valence-corrected chi connectivity index (χ2v) is 21.1. The van der Waals surface area contributed by atoms with Crippen molar-refractivity contribution in [2.24, 2.45) is 67.8 Å². The second-order valence-electron chi connectivity index (χ2n) is 21.1. The monoisotopic (exact) mass is 745 g/mol. The molecule has 5 aliphatic rings. The number of fused-ring (bicyclic) bond motifs is 3. The molecule has 54 heavy (non-hydrogen) atoms. The molecule has 7 rings (SSSR count). The number of carboxylic acids is 1. The van der Waals surface area contributed by atoms with Crippen LogP contribution in [0.2, 0.25) is 0 Å². The fourth-order valence-electron chi connectivity index (χ4n) is 12.9. The molecule has 9 nitrogen and oxygen atoms in total. The highest BCUT2D eigenvalue weighted by atomic mass is 16.5. The zero-order chi connectivity index (χ0) is 39.4. The highest BCUT2D eigenvalue weighted by Crippen LogP contribution is 2.75. The number of ether oxygens (including phenoxy) is 2. The molecule has 1 aromatic carbocycles. The summed E-state index contributed by atoms with van der Waals surface area (Å²) in [6, 6.07) is 7.03. The fourth-order valence-corrected chi connectivity index (χ4v) is 12.9. The second kappa shape index (κ2) is 12.9. The molecular weight excluding hydrogens is 677 g/mol. The number of benzene rings is 1. The first-order valence-electron chi connectivity index (χ1n) is 20.7. The van der Waals surface area contributed by atoms with Crippen LogP contribution in [0.5, 0.6) is 5.75 Å². The minimum atomic E-state index is -0.636. The van der Waals surface area contributed by atoms with Gasteiger partial charge in [-0.3, -0.25) is 4.79 Å². The summed E-state index contributed by atoms with van der Waals surface area (Å²) in [6.45, 7) is 26.4. The van der Waals surface area contributed by atoms with Gasteiger partial charge in [-0.15, -0.1) is 0 Å². The third-order valence-electron chi connectivity index (χ3n) is 17.4. The Balaban J connectivity index is 1.35. The molecule has 4 N–H and O–H groups in total. The molecule has 298 valence electrons. The minimum absolute atomic E-state index is 0.161. The van der Waals surface area contributed by atoms with Crippen LogP contribution in [0.25, 0.3) is 11.4 Å². The van der Waals surface area contributed by atoms with Crippen molar-refractivity contribution in [2.75, 3.05) is 19.8 Å². The highest BCUT2D eigenvalue weighted by molar-refractivity contribution is 5.73. The molecule has 9 heteroatoms. The number of aliphatic carboxylic acids is 1. The number of hydrogen-bond acceptors (Lipinski definition) is 7.